The molecule has 3 aromatic carbocycles. The van der Waals surface area contributed by atoms with E-state index in [9.17, 15) is 53.1 Å². The number of fused-ring (bicyclic) bond motifs is 1. The molecule has 99 heavy (non-hydrogen) atoms. The first-order valence-electron chi connectivity index (χ1n) is 34.7. The molecule has 26 heteroatoms. The fourth-order valence-electron chi connectivity index (χ4n) is 11.7. The Bertz CT molecular complexity index is 3180. The van der Waals surface area contributed by atoms with Crippen LogP contribution in [0.3, 0.4) is 0 Å². The SMILES string of the molecule is CC(=O)[C@@H](CCCCN)C(=O)O.CSCC[C@@H](NC(=O)[C@H](CC(=O)[C@H](N)CCCCN)Cc1c[nH]c2ccccc12)C(=O)C[C@@H](C(=O)N[C@@H](C(=O)C[C@H](Cc1ccc(O)cc1)C(=O)N[C@H](Cc1ccccc1)C(=O)C[C@H](CCCN=C(N)N)C(=O)N[C@@H](N)CCCCN)C(C)C)C(C)C. The summed E-state index contributed by atoms with van der Waals surface area (Å²) in [6.07, 6.45) is 8.58. The highest BCUT2D eigenvalue weighted by molar-refractivity contribution is 7.98. The van der Waals surface area contributed by atoms with Gasteiger partial charge in [-0.3, -0.25) is 52.9 Å². The number of nitrogens with two attached hydrogens (primary N) is 7. The van der Waals surface area contributed by atoms with Crippen molar-refractivity contribution in [2.24, 2.45) is 86.6 Å². The molecule has 0 spiro atoms. The average Bonchev–Trinajstić information content (AvgIpc) is 1.74. The van der Waals surface area contributed by atoms with Crippen LogP contribution in [0.4, 0.5) is 0 Å². The molecule has 1 aromatic heterocycles. The van der Waals surface area contributed by atoms with Gasteiger partial charge in [-0.2, -0.15) is 11.8 Å². The first-order chi connectivity index (χ1) is 47.1. The summed E-state index contributed by atoms with van der Waals surface area (Å²) in [7, 11) is 0. The predicted octanol–water partition coefficient (Wildman–Crippen LogP) is 5.17. The number of carboxylic acids is 1. The van der Waals surface area contributed by atoms with Gasteiger partial charge in [-0.25, -0.2) is 0 Å². The minimum absolute atomic E-state index is 0.00536. The van der Waals surface area contributed by atoms with E-state index in [1.807, 2.05) is 54.9 Å². The van der Waals surface area contributed by atoms with Crippen molar-refractivity contribution in [2.75, 3.05) is 38.2 Å². The van der Waals surface area contributed by atoms with Crippen molar-refractivity contribution in [1.82, 2.24) is 26.3 Å². The quantitative estimate of drug-likeness (QED) is 0.00891. The first kappa shape index (κ1) is 85.3. The smallest absolute Gasteiger partial charge is 0.314 e. The molecule has 0 unspecified atom stereocenters. The normalized spacial score (nSPS) is 14.4. The largest absolute Gasteiger partial charge is 0.508 e. The fraction of sp³-hybridized carbons (Fsp3) is 0.575. The van der Waals surface area contributed by atoms with Crippen molar-refractivity contribution in [1.29, 1.82) is 0 Å². The van der Waals surface area contributed by atoms with E-state index in [1.165, 1.54) is 30.8 Å². The average molecular weight is 1400 g/mol. The van der Waals surface area contributed by atoms with Crippen LogP contribution in [-0.2, 0) is 67.2 Å². The molecular formula is C73H113N13O12S. The zero-order valence-electron chi connectivity index (χ0n) is 58.9. The summed E-state index contributed by atoms with van der Waals surface area (Å²) in [6, 6.07) is 18.8. The molecular weight excluding hydrogens is 1280 g/mol. The summed E-state index contributed by atoms with van der Waals surface area (Å²) >= 11 is 1.49. The van der Waals surface area contributed by atoms with Crippen molar-refractivity contribution < 1.29 is 58.2 Å². The topological polar surface area (TPSA) is 470 Å². The van der Waals surface area contributed by atoms with Crippen molar-refractivity contribution in [3.63, 3.8) is 0 Å². The lowest BCUT2D eigenvalue weighted by Crippen LogP contribution is -2.51. The van der Waals surface area contributed by atoms with Crippen molar-refractivity contribution >= 4 is 87.1 Å². The molecule has 0 aliphatic heterocycles. The summed E-state index contributed by atoms with van der Waals surface area (Å²) in [5.41, 5.74) is 43.4. The second kappa shape index (κ2) is 46.5. The van der Waals surface area contributed by atoms with E-state index in [1.54, 1.807) is 52.0 Å². The van der Waals surface area contributed by atoms with Crippen LogP contribution in [-0.4, -0.2) is 148 Å². The van der Waals surface area contributed by atoms with Gasteiger partial charge in [0, 0.05) is 73.0 Å². The monoisotopic (exact) mass is 1400 g/mol. The van der Waals surface area contributed by atoms with E-state index < -0.39 is 113 Å². The molecule has 548 valence electrons. The number of phenols is 1. The van der Waals surface area contributed by atoms with E-state index in [0.29, 0.717) is 82.3 Å². The van der Waals surface area contributed by atoms with Gasteiger partial charge < -0.3 is 76.6 Å². The minimum atomic E-state index is -1.15. The zero-order chi connectivity index (χ0) is 73.6. The van der Waals surface area contributed by atoms with Crippen LogP contribution in [0.1, 0.15) is 154 Å². The molecule has 4 rings (SSSR count). The third kappa shape index (κ3) is 31.9. The Kier molecular flexibility index (Phi) is 40.1. The highest BCUT2D eigenvalue weighted by Gasteiger charge is 2.37. The van der Waals surface area contributed by atoms with Crippen LogP contribution in [0.15, 0.2) is 90.1 Å². The number of guanidine groups is 1. The number of aliphatic imine (C=N–C) groups is 1. The summed E-state index contributed by atoms with van der Waals surface area (Å²) in [5, 5.41) is 31.4. The molecule has 0 fully saturated rings. The maximum atomic E-state index is 14.9. The lowest BCUT2D eigenvalue weighted by molar-refractivity contribution is -0.146. The number of aromatic amines is 1. The van der Waals surface area contributed by atoms with E-state index in [4.69, 9.17) is 45.2 Å². The predicted molar refractivity (Wildman–Crippen MR) is 389 cm³/mol. The number of rotatable bonds is 49. The fourth-order valence-corrected chi connectivity index (χ4v) is 12.1. The Morgan fingerprint density at radius 1 is 0.545 bits per heavy atom. The van der Waals surface area contributed by atoms with Gasteiger partial charge >= 0.3 is 5.97 Å². The molecule has 0 bridgehead atoms. The van der Waals surface area contributed by atoms with Gasteiger partial charge in [0.15, 0.2) is 23.3 Å². The number of amides is 4. The van der Waals surface area contributed by atoms with Crippen molar-refractivity contribution in [3.8, 4) is 5.75 Å². The first-order valence-corrected chi connectivity index (χ1v) is 36.1. The number of nitrogens with zero attached hydrogens (tertiary/aromatic N) is 1. The van der Waals surface area contributed by atoms with Gasteiger partial charge in [0.25, 0.3) is 0 Å². The molecule has 0 radical (unpaired) electrons. The summed E-state index contributed by atoms with van der Waals surface area (Å²) in [6.45, 7) is 10.1. The number of carboxylic acid groups (broad SMARTS) is 1. The molecule has 0 aliphatic rings. The van der Waals surface area contributed by atoms with Crippen molar-refractivity contribution in [2.45, 2.75) is 187 Å². The number of hydrogen-bond acceptors (Lipinski definition) is 18. The van der Waals surface area contributed by atoms with Crippen LogP contribution in [0, 0.1) is 41.4 Å². The zero-order valence-corrected chi connectivity index (χ0v) is 59.7. The van der Waals surface area contributed by atoms with Crippen LogP contribution in [0.5, 0.6) is 5.75 Å². The van der Waals surface area contributed by atoms with Crippen LogP contribution < -0.4 is 61.4 Å². The number of thioether (sulfide) groups is 1. The molecule has 25 nitrogen and oxygen atoms in total. The number of carbonyl (C=O) groups is 10. The number of H-pyrrole nitrogens is 1. The Morgan fingerprint density at radius 2 is 1.09 bits per heavy atom. The second-order valence-corrected chi connectivity index (χ2v) is 27.4. The number of para-hydroxylation sites is 1. The number of aromatic hydroxyl groups is 1. The second-order valence-electron chi connectivity index (χ2n) is 26.4. The number of aliphatic carboxylic acids is 1. The minimum Gasteiger partial charge on any atom is -0.508 e. The Morgan fingerprint density at radius 3 is 1.68 bits per heavy atom. The number of benzene rings is 3. The third-order valence-electron chi connectivity index (χ3n) is 17.6. The van der Waals surface area contributed by atoms with Crippen LogP contribution >= 0.6 is 11.8 Å². The van der Waals surface area contributed by atoms with E-state index in [0.717, 1.165) is 34.9 Å². The number of nitrogens with one attached hydrogen (secondary N) is 5. The maximum Gasteiger partial charge on any atom is 0.314 e. The highest BCUT2D eigenvalue weighted by atomic mass is 32.2. The standard InChI is InChI=1S/C65H98N12O9S.C8H15NO3/c1-40(2)50(38-57(81)53(27-31-87-5)74-63(85)46(36-55(79)51(68)20-11-13-28-66)34-47-39-73-52-21-10-9-19-49(47)52)64(86)77-60(41(3)4)58(82)37-45(32-43-23-25-48(78)26-24-43)62(84)75-54(33-42-16-7-6-8-17-42)56(80)35-44(18-15-30-72-65(70)71)61(83)76-59(69)22-12-14-29-67;1-6(10)7(8(11)12)4-2-3-5-9/h6-10,16-17,19,21,23-26,39-41,44-46,50-51,53-54,59-60,73,78H,11-15,18,20,22,27-38,66-69H2,1-5H3,(H,74,85)(H,75,84)(H,76,83)(H,77,86)(H4,70,71,72);7H,2-5,9H2,1H3,(H,11,12)/t44-,45-,46-,50+,51+,53+,54+,59+,60+;7-/m01/s1. The lowest BCUT2D eigenvalue weighted by atomic mass is 9.85. The third-order valence-corrected chi connectivity index (χ3v) is 18.3. The molecule has 0 saturated heterocycles. The van der Waals surface area contributed by atoms with E-state index in [2.05, 4.69) is 31.2 Å². The van der Waals surface area contributed by atoms with Gasteiger partial charge in [-0.1, -0.05) is 101 Å². The van der Waals surface area contributed by atoms with Gasteiger partial charge in [-0.15, -0.1) is 0 Å². The number of ketones is 5. The lowest BCUT2D eigenvalue weighted by Gasteiger charge is -2.29. The summed E-state index contributed by atoms with van der Waals surface area (Å²) < 4.78 is 0. The number of unbranched alkanes of at least 4 members (excludes halogenated alkanes) is 3. The van der Waals surface area contributed by atoms with Gasteiger partial charge in [-0.05, 0) is 169 Å². The number of phenolic OH excluding ortho intramolecular Hbond substituents is 1. The molecule has 4 aromatic rings. The van der Waals surface area contributed by atoms with Gasteiger partial charge in [0.1, 0.15) is 23.2 Å². The molecule has 1 heterocycles. The Balaban J connectivity index is 0.00000193. The molecule has 10 atom stereocenters. The Labute approximate surface area is 588 Å². The number of Topliss-reactive ketones (excluding diaryl/α,β-unsaturated/α-hetero) is 5. The van der Waals surface area contributed by atoms with Gasteiger partial charge in [0.2, 0.25) is 23.6 Å². The molecule has 21 N–H and O–H groups in total. The molecule has 0 aliphatic carbocycles. The Hall–Kier alpha value is -7.88. The summed E-state index contributed by atoms with van der Waals surface area (Å²) in [4.78, 5) is 144. The molecule has 0 saturated carbocycles. The number of aromatic nitrogens is 1. The number of carbonyl (C=O) groups excluding carboxylic acids is 9. The van der Waals surface area contributed by atoms with Crippen molar-refractivity contribution in [3.05, 3.63) is 102 Å². The maximum absolute atomic E-state index is 14.9. The summed E-state index contributed by atoms with van der Waals surface area (Å²) in [5.74, 6) is -10.1. The van der Waals surface area contributed by atoms with E-state index in [-0.39, 0.29) is 93.4 Å². The highest BCUT2D eigenvalue weighted by Crippen LogP contribution is 2.27. The number of hydrogen-bond donors (Lipinski definition) is 14. The van der Waals surface area contributed by atoms with E-state index >= 15 is 0 Å². The van der Waals surface area contributed by atoms with Crippen LogP contribution in [0.25, 0.3) is 10.9 Å². The van der Waals surface area contributed by atoms with Crippen LogP contribution in [0.2, 0.25) is 0 Å². The van der Waals surface area contributed by atoms with Gasteiger partial charge in [0.05, 0.1) is 30.3 Å². The molecule has 4 amide bonds.